The van der Waals surface area contributed by atoms with E-state index in [1.165, 1.54) is 12.1 Å². The van der Waals surface area contributed by atoms with Crippen molar-refractivity contribution in [3.8, 4) is 11.4 Å². The highest BCUT2D eigenvalue weighted by atomic mass is 79.9. The number of piperidine rings is 1. The fraction of sp³-hybridized carbons (Fsp3) is 0.429. The second kappa shape index (κ2) is 6.01. The van der Waals surface area contributed by atoms with Gasteiger partial charge in [0.15, 0.2) is 0 Å². The second-order valence-corrected chi connectivity index (χ2v) is 5.89. The van der Waals surface area contributed by atoms with Crippen molar-refractivity contribution in [1.29, 1.82) is 0 Å². The van der Waals surface area contributed by atoms with Gasteiger partial charge in [-0.25, -0.2) is 4.39 Å². The van der Waals surface area contributed by atoms with E-state index in [1.807, 2.05) is 0 Å². The highest BCUT2D eigenvalue weighted by Gasteiger charge is 2.18. The Morgan fingerprint density at radius 2 is 2.15 bits per heavy atom. The van der Waals surface area contributed by atoms with Gasteiger partial charge in [0.05, 0.1) is 0 Å². The molecule has 0 saturated carbocycles. The van der Waals surface area contributed by atoms with Crippen LogP contribution in [0.15, 0.2) is 27.2 Å². The third-order valence-electron chi connectivity index (χ3n) is 3.56. The average molecular weight is 340 g/mol. The van der Waals surface area contributed by atoms with Gasteiger partial charge >= 0.3 is 0 Å². The molecule has 1 aliphatic heterocycles. The van der Waals surface area contributed by atoms with Crippen molar-refractivity contribution >= 4 is 15.9 Å². The Morgan fingerprint density at radius 1 is 1.35 bits per heavy atom. The molecule has 0 amide bonds. The molecular weight excluding hydrogens is 325 g/mol. The van der Waals surface area contributed by atoms with Crippen molar-refractivity contribution in [3.63, 3.8) is 0 Å². The van der Waals surface area contributed by atoms with E-state index < -0.39 is 0 Å². The zero-order valence-electron chi connectivity index (χ0n) is 10.9. The Bertz CT molecular complexity index is 596. The van der Waals surface area contributed by atoms with E-state index in [0.717, 1.165) is 37.9 Å². The van der Waals surface area contributed by atoms with E-state index in [4.69, 9.17) is 4.52 Å². The van der Waals surface area contributed by atoms with Gasteiger partial charge in [-0.2, -0.15) is 4.98 Å². The standard InChI is InChI=1S/C14H15BrFN3O/c15-12-8-10(16)1-2-11(12)14-18-13(20-19-14)7-9-3-5-17-6-4-9/h1-2,8-9,17H,3-7H2. The molecule has 0 unspecified atom stereocenters. The lowest BCUT2D eigenvalue weighted by Crippen LogP contribution is -2.28. The SMILES string of the molecule is Fc1ccc(-c2noc(CC3CCNCC3)n2)c(Br)c1. The molecule has 0 atom stereocenters. The fourth-order valence-corrected chi connectivity index (χ4v) is 2.98. The molecule has 1 aromatic heterocycles. The first kappa shape index (κ1) is 13.7. The number of benzene rings is 1. The van der Waals surface area contributed by atoms with Gasteiger partial charge in [0.1, 0.15) is 5.82 Å². The number of nitrogens with zero attached hydrogens (tertiary/aromatic N) is 2. The minimum Gasteiger partial charge on any atom is -0.339 e. The normalized spacial score (nSPS) is 16.5. The van der Waals surface area contributed by atoms with Gasteiger partial charge < -0.3 is 9.84 Å². The van der Waals surface area contributed by atoms with Crippen LogP contribution < -0.4 is 5.32 Å². The fourth-order valence-electron chi connectivity index (χ4n) is 2.45. The van der Waals surface area contributed by atoms with Crippen LogP contribution in [0.1, 0.15) is 18.7 Å². The summed E-state index contributed by atoms with van der Waals surface area (Å²) in [6, 6.07) is 4.44. The minimum atomic E-state index is -0.293. The summed E-state index contributed by atoms with van der Waals surface area (Å²) in [6.07, 6.45) is 3.09. The van der Waals surface area contributed by atoms with Gasteiger partial charge in [0.2, 0.25) is 11.7 Å². The first-order valence-corrected chi connectivity index (χ1v) is 7.50. The largest absolute Gasteiger partial charge is 0.339 e. The van der Waals surface area contributed by atoms with Crippen LogP contribution in [0.5, 0.6) is 0 Å². The van der Waals surface area contributed by atoms with Crippen molar-refractivity contribution in [1.82, 2.24) is 15.5 Å². The van der Waals surface area contributed by atoms with Crippen LogP contribution in [-0.2, 0) is 6.42 Å². The third-order valence-corrected chi connectivity index (χ3v) is 4.22. The maximum atomic E-state index is 13.1. The molecule has 0 aliphatic carbocycles. The van der Waals surface area contributed by atoms with Crippen LogP contribution in [0.25, 0.3) is 11.4 Å². The van der Waals surface area contributed by atoms with Crippen molar-refractivity contribution < 1.29 is 8.91 Å². The van der Waals surface area contributed by atoms with Crippen LogP contribution in [0.3, 0.4) is 0 Å². The number of rotatable bonds is 3. The first-order valence-electron chi connectivity index (χ1n) is 6.71. The molecule has 4 nitrogen and oxygen atoms in total. The molecule has 106 valence electrons. The topological polar surface area (TPSA) is 51.0 Å². The zero-order chi connectivity index (χ0) is 13.9. The first-order chi connectivity index (χ1) is 9.72. The van der Waals surface area contributed by atoms with Crippen LogP contribution >= 0.6 is 15.9 Å². The molecular formula is C14H15BrFN3O. The van der Waals surface area contributed by atoms with Crippen molar-refractivity contribution in [2.24, 2.45) is 5.92 Å². The van der Waals surface area contributed by atoms with E-state index in [0.29, 0.717) is 22.1 Å². The monoisotopic (exact) mass is 339 g/mol. The third kappa shape index (κ3) is 3.07. The van der Waals surface area contributed by atoms with E-state index >= 15 is 0 Å². The maximum absolute atomic E-state index is 13.1. The minimum absolute atomic E-state index is 0.293. The van der Waals surface area contributed by atoms with Crippen LogP contribution in [0.2, 0.25) is 0 Å². The van der Waals surface area contributed by atoms with Gasteiger partial charge in [-0.3, -0.25) is 0 Å². The van der Waals surface area contributed by atoms with Gasteiger partial charge in [0.25, 0.3) is 0 Å². The van der Waals surface area contributed by atoms with E-state index in [9.17, 15) is 4.39 Å². The van der Waals surface area contributed by atoms with Gasteiger partial charge in [-0.15, -0.1) is 0 Å². The second-order valence-electron chi connectivity index (χ2n) is 5.03. The zero-order valence-corrected chi connectivity index (χ0v) is 12.5. The quantitative estimate of drug-likeness (QED) is 0.932. The summed E-state index contributed by atoms with van der Waals surface area (Å²) in [5, 5.41) is 7.32. The molecule has 2 aromatic rings. The lowest BCUT2D eigenvalue weighted by Gasteiger charge is -2.20. The van der Waals surface area contributed by atoms with Gasteiger partial charge in [-0.05, 0) is 66.0 Å². The highest BCUT2D eigenvalue weighted by molar-refractivity contribution is 9.10. The molecule has 1 aromatic carbocycles. The summed E-state index contributed by atoms with van der Waals surface area (Å²) in [7, 11) is 0. The predicted octanol–water partition coefficient (Wildman–Crippen LogP) is 3.18. The molecule has 20 heavy (non-hydrogen) atoms. The molecule has 1 N–H and O–H groups in total. The average Bonchev–Trinajstić information content (AvgIpc) is 2.88. The summed E-state index contributed by atoms with van der Waals surface area (Å²) in [4.78, 5) is 4.41. The predicted molar refractivity (Wildman–Crippen MR) is 76.7 cm³/mol. The van der Waals surface area contributed by atoms with Gasteiger partial charge in [0, 0.05) is 16.5 Å². The Labute approximate surface area is 124 Å². The molecule has 3 rings (SSSR count). The van der Waals surface area contributed by atoms with Gasteiger partial charge in [-0.1, -0.05) is 5.16 Å². The molecule has 1 saturated heterocycles. The van der Waals surface area contributed by atoms with E-state index in [1.54, 1.807) is 6.07 Å². The Kier molecular flexibility index (Phi) is 4.12. The molecule has 1 aliphatic rings. The number of aromatic nitrogens is 2. The number of halogens is 2. The smallest absolute Gasteiger partial charge is 0.227 e. The number of hydrogen-bond donors (Lipinski definition) is 1. The van der Waals surface area contributed by atoms with Crippen molar-refractivity contribution in [3.05, 3.63) is 34.4 Å². The summed E-state index contributed by atoms with van der Waals surface area (Å²) in [5.74, 6) is 1.46. The summed E-state index contributed by atoms with van der Waals surface area (Å²) >= 11 is 3.32. The molecule has 1 fully saturated rings. The number of hydrogen-bond acceptors (Lipinski definition) is 4. The molecule has 6 heteroatoms. The lowest BCUT2D eigenvalue weighted by molar-refractivity contribution is 0.313. The number of nitrogens with one attached hydrogen (secondary N) is 1. The lowest BCUT2D eigenvalue weighted by atomic mass is 9.95. The molecule has 0 radical (unpaired) electrons. The highest BCUT2D eigenvalue weighted by Crippen LogP contribution is 2.27. The summed E-state index contributed by atoms with van der Waals surface area (Å²) in [6.45, 7) is 2.10. The van der Waals surface area contributed by atoms with E-state index in [2.05, 4.69) is 31.4 Å². The van der Waals surface area contributed by atoms with E-state index in [-0.39, 0.29) is 5.82 Å². The maximum Gasteiger partial charge on any atom is 0.227 e. The van der Waals surface area contributed by atoms with Crippen LogP contribution in [0.4, 0.5) is 4.39 Å². The Morgan fingerprint density at radius 3 is 2.90 bits per heavy atom. The molecule has 0 bridgehead atoms. The summed E-state index contributed by atoms with van der Waals surface area (Å²) in [5.41, 5.74) is 0.742. The Balaban J connectivity index is 1.75. The van der Waals surface area contributed by atoms with Crippen LogP contribution in [-0.4, -0.2) is 23.2 Å². The van der Waals surface area contributed by atoms with Crippen molar-refractivity contribution in [2.45, 2.75) is 19.3 Å². The van der Waals surface area contributed by atoms with Crippen molar-refractivity contribution in [2.75, 3.05) is 13.1 Å². The summed E-state index contributed by atoms with van der Waals surface area (Å²) < 4.78 is 19.0. The van der Waals surface area contributed by atoms with Crippen LogP contribution in [0, 0.1) is 11.7 Å². The molecule has 2 heterocycles. The molecule has 0 spiro atoms. The Hall–Kier alpha value is -1.27.